The van der Waals surface area contributed by atoms with Gasteiger partial charge in [0.2, 0.25) is 10.0 Å². The number of nitrogens with zero attached hydrogens (tertiary/aromatic N) is 1. The van der Waals surface area contributed by atoms with Crippen molar-refractivity contribution in [2.45, 2.75) is 30.4 Å². The summed E-state index contributed by atoms with van der Waals surface area (Å²) in [7, 11) is -3.81. The summed E-state index contributed by atoms with van der Waals surface area (Å²) in [5, 5.41) is 29.6. The van der Waals surface area contributed by atoms with Crippen molar-refractivity contribution in [2.75, 3.05) is 19.7 Å². The van der Waals surface area contributed by atoms with Crippen molar-refractivity contribution in [1.29, 1.82) is 0 Å². The molecule has 0 spiro atoms. The van der Waals surface area contributed by atoms with Crippen molar-refractivity contribution >= 4 is 26.9 Å². The highest BCUT2D eigenvalue weighted by Crippen LogP contribution is 2.29. The van der Waals surface area contributed by atoms with Crippen LogP contribution in [0.5, 0.6) is 5.75 Å². The smallest absolute Gasteiger partial charge is 0.352 e. The molecule has 38 heavy (non-hydrogen) atoms. The lowest BCUT2D eigenvalue weighted by molar-refractivity contribution is 0.0685. The van der Waals surface area contributed by atoms with Crippen molar-refractivity contribution < 1.29 is 28.2 Å². The molecule has 200 valence electrons. The predicted molar refractivity (Wildman–Crippen MR) is 145 cm³/mol. The number of primary sulfonamides is 1. The van der Waals surface area contributed by atoms with Crippen LogP contribution in [0.4, 0.5) is 0 Å². The maximum Gasteiger partial charge on any atom is 0.352 e. The van der Waals surface area contributed by atoms with E-state index < -0.39 is 22.1 Å². The second-order valence-electron chi connectivity index (χ2n) is 9.01. The molecule has 10 heteroatoms. The lowest BCUT2D eigenvalue weighted by Gasteiger charge is -2.13. The van der Waals surface area contributed by atoms with Crippen LogP contribution in [0.2, 0.25) is 0 Å². The fourth-order valence-electron chi connectivity index (χ4n) is 4.43. The Balaban J connectivity index is 1.42. The number of nitrogens with one attached hydrogen (secondary N) is 1. The Hall–Kier alpha value is -3.70. The summed E-state index contributed by atoms with van der Waals surface area (Å²) in [6.07, 6.45) is 0.527. The molecule has 4 aromatic rings. The summed E-state index contributed by atoms with van der Waals surface area (Å²) in [5.41, 5.74) is 2.49. The molecule has 3 aromatic carbocycles. The van der Waals surface area contributed by atoms with Gasteiger partial charge in [-0.2, -0.15) is 0 Å². The van der Waals surface area contributed by atoms with Gasteiger partial charge in [0.05, 0.1) is 4.90 Å². The lowest BCUT2D eigenvalue weighted by atomic mass is 10.1. The zero-order valence-electron chi connectivity index (χ0n) is 20.8. The molecule has 9 nitrogen and oxygen atoms in total. The van der Waals surface area contributed by atoms with Gasteiger partial charge in [0, 0.05) is 24.0 Å². The van der Waals surface area contributed by atoms with E-state index in [0.29, 0.717) is 31.7 Å². The van der Waals surface area contributed by atoms with Gasteiger partial charge in [0.1, 0.15) is 24.2 Å². The van der Waals surface area contributed by atoms with Crippen molar-refractivity contribution in [3.63, 3.8) is 0 Å². The maximum atomic E-state index is 12.4. The first-order chi connectivity index (χ1) is 18.2. The molecule has 0 fully saturated rings. The van der Waals surface area contributed by atoms with Crippen molar-refractivity contribution in [1.82, 2.24) is 9.88 Å². The summed E-state index contributed by atoms with van der Waals surface area (Å²) in [6, 6.07) is 22.9. The van der Waals surface area contributed by atoms with E-state index in [1.54, 1.807) is 16.7 Å². The molecule has 1 aromatic heterocycles. The van der Waals surface area contributed by atoms with Gasteiger partial charge in [0.15, 0.2) is 0 Å². The minimum Gasteiger partial charge on any atom is -0.491 e. The number of aliphatic hydroxyl groups is 1. The summed E-state index contributed by atoms with van der Waals surface area (Å²) in [5.74, 6) is -0.330. The SMILES string of the molecule is NS(=O)(=O)c1ccc(Cn2c(C(=O)O)c(CCCNCC(O)COc3ccccc3)c3ccccc32)cc1. The third-order valence-electron chi connectivity index (χ3n) is 6.22. The summed E-state index contributed by atoms with van der Waals surface area (Å²) >= 11 is 0. The zero-order valence-corrected chi connectivity index (χ0v) is 21.6. The number of carboxylic acid groups (broad SMARTS) is 1. The number of nitrogens with two attached hydrogens (primary N) is 1. The Labute approximate surface area is 221 Å². The molecule has 0 amide bonds. The third-order valence-corrected chi connectivity index (χ3v) is 7.15. The highest BCUT2D eigenvalue weighted by atomic mass is 32.2. The van der Waals surface area contributed by atoms with E-state index in [1.165, 1.54) is 12.1 Å². The number of carboxylic acids is 1. The molecular formula is C28H31N3O6S. The minimum absolute atomic E-state index is 0.00186. The van der Waals surface area contributed by atoms with Gasteiger partial charge >= 0.3 is 5.97 Å². The van der Waals surface area contributed by atoms with Crippen LogP contribution in [0.15, 0.2) is 83.8 Å². The molecule has 0 radical (unpaired) electrons. The Morgan fingerprint density at radius 2 is 1.68 bits per heavy atom. The van der Waals surface area contributed by atoms with Crippen LogP contribution in [0.1, 0.15) is 28.0 Å². The lowest BCUT2D eigenvalue weighted by Crippen LogP contribution is -2.32. The average Bonchev–Trinajstić information content (AvgIpc) is 3.21. The number of hydrogen-bond donors (Lipinski definition) is 4. The first-order valence-corrected chi connectivity index (χ1v) is 13.8. The number of rotatable bonds is 13. The van der Waals surface area contributed by atoms with Gasteiger partial charge in [-0.05, 0) is 60.8 Å². The van der Waals surface area contributed by atoms with E-state index in [4.69, 9.17) is 9.88 Å². The van der Waals surface area contributed by atoms with Crippen LogP contribution in [-0.4, -0.2) is 55.0 Å². The van der Waals surface area contributed by atoms with Crippen molar-refractivity contribution in [3.8, 4) is 5.75 Å². The van der Waals surface area contributed by atoms with E-state index in [0.717, 1.165) is 22.0 Å². The first-order valence-electron chi connectivity index (χ1n) is 12.3. The van der Waals surface area contributed by atoms with Crippen LogP contribution >= 0.6 is 0 Å². The number of aryl methyl sites for hydroxylation is 1. The molecule has 0 aliphatic rings. The number of hydrogen-bond acceptors (Lipinski definition) is 6. The van der Waals surface area contributed by atoms with E-state index in [1.807, 2.05) is 54.6 Å². The molecule has 0 saturated heterocycles. The Morgan fingerprint density at radius 3 is 2.37 bits per heavy atom. The molecule has 1 unspecified atom stereocenters. The number of ether oxygens (including phenoxy) is 1. The number of carbonyl (C=O) groups is 1. The minimum atomic E-state index is -3.81. The highest BCUT2D eigenvalue weighted by Gasteiger charge is 2.22. The Bertz CT molecular complexity index is 1480. The van der Waals surface area contributed by atoms with E-state index in [-0.39, 0.29) is 23.7 Å². The molecule has 0 aliphatic carbocycles. The largest absolute Gasteiger partial charge is 0.491 e. The number of aromatic carboxylic acids is 1. The zero-order chi connectivity index (χ0) is 27.1. The number of aromatic nitrogens is 1. The molecule has 0 saturated carbocycles. The summed E-state index contributed by atoms with van der Waals surface area (Å²) in [6.45, 7) is 1.38. The fourth-order valence-corrected chi connectivity index (χ4v) is 4.95. The topological polar surface area (TPSA) is 144 Å². The van der Waals surface area contributed by atoms with Crippen molar-refractivity contribution in [2.24, 2.45) is 5.14 Å². The third kappa shape index (κ3) is 6.78. The standard InChI is InChI=1S/C28H31N3O6S/c29-38(35,36)23-14-12-20(13-15-23)18-31-26-11-5-4-9-24(26)25(27(31)28(33)34)10-6-16-30-17-21(32)19-37-22-7-2-1-3-8-22/h1-5,7-9,11-15,21,30,32H,6,10,16-19H2,(H,33,34)(H2,29,35,36). The van der Waals surface area contributed by atoms with Gasteiger partial charge in [-0.1, -0.05) is 48.5 Å². The number of benzene rings is 3. The average molecular weight is 538 g/mol. The number of fused-ring (bicyclic) bond motifs is 1. The quantitative estimate of drug-likeness (QED) is 0.192. The van der Waals surface area contributed by atoms with Crippen LogP contribution in [0.3, 0.4) is 0 Å². The summed E-state index contributed by atoms with van der Waals surface area (Å²) in [4.78, 5) is 12.4. The Kier molecular flexibility index (Phi) is 8.80. The van der Waals surface area contributed by atoms with E-state index in [9.17, 15) is 23.4 Å². The molecule has 1 heterocycles. The molecular weight excluding hydrogens is 506 g/mol. The molecule has 1 atom stereocenters. The fraction of sp³-hybridized carbons (Fsp3) is 0.250. The highest BCUT2D eigenvalue weighted by molar-refractivity contribution is 7.89. The Morgan fingerprint density at radius 1 is 1.00 bits per heavy atom. The monoisotopic (exact) mass is 537 g/mol. The van der Waals surface area contributed by atoms with Crippen LogP contribution in [-0.2, 0) is 23.0 Å². The predicted octanol–water partition coefficient (Wildman–Crippen LogP) is 3.00. The van der Waals surface area contributed by atoms with Crippen LogP contribution < -0.4 is 15.2 Å². The molecule has 0 bridgehead atoms. The number of aliphatic hydroxyl groups excluding tert-OH is 1. The van der Waals surface area contributed by atoms with E-state index in [2.05, 4.69) is 5.32 Å². The van der Waals surface area contributed by atoms with Gasteiger partial charge < -0.3 is 24.8 Å². The normalized spacial score (nSPS) is 12.5. The number of para-hydroxylation sites is 2. The first kappa shape index (κ1) is 27.3. The molecule has 5 N–H and O–H groups in total. The van der Waals surface area contributed by atoms with Gasteiger partial charge in [-0.3, -0.25) is 0 Å². The molecule has 0 aliphatic heterocycles. The van der Waals surface area contributed by atoms with Crippen LogP contribution in [0.25, 0.3) is 10.9 Å². The van der Waals surface area contributed by atoms with E-state index >= 15 is 0 Å². The summed E-state index contributed by atoms with van der Waals surface area (Å²) < 4.78 is 30.5. The van der Waals surface area contributed by atoms with Crippen LogP contribution in [0, 0.1) is 0 Å². The van der Waals surface area contributed by atoms with Gasteiger partial charge in [0.25, 0.3) is 0 Å². The van der Waals surface area contributed by atoms with Gasteiger partial charge in [-0.25, -0.2) is 18.4 Å². The second-order valence-corrected chi connectivity index (χ2v) is 10.6. The number of sulfonamides is 1. The van der Waals surface area contributed by atoms with Gasteiger partial charge in [-0.15, -0.1) is 0 Å². The second kappa shape index (κ2) is 12.2. The molecule has 4 rings (SSSR count). The maximum absolute atomic E-state index is 12.4. The van der Waals surface area contributed by atoms with Crippen molar-refractivity contribution in [3.05, 3.63) is 95.7 Å².